The molecule has 1 aliphatic heterocycles. The molecular weight excluding hydrogens is 458 g/mol. The van der Waals surface area contributed by atoms with Gasteiger partial charge in [-0.25, -0.2) is 10.1 Å². The van der Waals surface area contributed by atoms with Gasteiger partial charge in [-0.2, -0.15) is 10.2 Å². The third kappa shape index (κ3) is 4.63. The summed E-state index contributed by atoms with van der Waals surface area (Å²) in [5, 5.41) is 13.9. The first-order valence-corrected chi connectivity index (χ1v) is 11.7. The van der Waals surface area contributed by atoms with Gasteiger partial charge in [0.15, 0.2) is 0 Å². The van der Waals surface area contributed by atoms with E-state index in [4.69, 9.17) is 16.3 Å². The number of pyridine rings is 1. The van der Waals surface area contributed by atoms with Crippen molar-refractivity contribution in [2.45, 2.75) is 51.8 Å². The van der Waals surface area contributed by atoms with Gasteiger partial charge in [0, 0.05) is 42.5 Å². The highest BCUT2D eigenvalue weighted by Gasteiger charge is 2.27. The van der Waals surface area contributed by atoms with Crippen LogP contribution in [0.3, 0.4) is 0 Å². The number of hydrogen-bond acceptors (Lipinski definition) is 7. The lowest BCUT2D eigenvalue weighted by molar-refractivity contribution is -0.122. The number of aromatic amines is 1. The number of ether oxygens (including phenoxy) is 1. The minimum atomic E-state index is -0.408. The molecule has 34 heavy (non-hydrogen) atoms. The molecule has 178 valence electrons. The smallest absolute Gasteiger partial charge is 0.285 e. The van der Waals surface area contributed by atoms with Crippen LogP contribution in [0.4, 0.5) is 5.69 Å². The van der Waals surface area contributed by atoms with Crippen molar-refractivity contribution in [3.05, 3.63) is 51.3 Å². The average Bonchev–Trinajstić information content (AvgIpc) is 3.42. The first-order chi connectivity index (χ1) is 16.4. The molecule has 0 spiro atoms. The number of carbonyl (C=O) groups is 1. The van der Waals surface area contributed by atoms with E-state index >= 15 is 0 Å². The van der Waals surface area contributed by atoms with Crippen LogP contribution in [0.15, 0.2) is 29.3 Å². The van der Waals surface area contributed by atoms with Crippen LogP contribution >= 0.6 is 11.6 Å². The summed E-state index contributed by atoms with van der Waals surface area (Å²) in [4.78, 5) is 30.4. The highest BCUT2D eigenvalue weighted by Crippen LogP contribution is 2.31. The Morgan fingerprint density at radius 1 is 1.32 bits per heavy atom. The molecule has 10 nitrogen and oxygen atoms in total. The first kappa shape index (κ1) is 22.4. The Hall–Kier alpha value is -3.40. The second-order valence-electron chi connectivity index (χ2n) is 8.80. The van der Waals surface area contributed by atoms with Gasteiger partial charge in [-0.1, -0.05) is 11.6 Å². The number of anilines is 1. The van der Waals surface area contributed by atoms with Crippen LogP contribution < -0.4 is 20.5 Å². The van der Waals surface area contributed by atoms with Gasteiger partial charge in [0.05, 0.1) is 24.1 Å². The summed E-state index contributed by atoms with van der Waals surface area (Å²) in [7, 11) is 0. The van der Waals surface area contributed by atoms with Gasteiger partial charge in [-0.15, -0.1) is 0 Å². The van der Waals surface area contributed by atoms with E-state index in [1.54, 1.807) is 17.1 Å². The highest BCUT2D eigenvalue weighted by atomic mass is 35.5. The zero-order valence-corrected chi connectivity index (χ0v) is 19.8. The minimum Gasteiger partial charge on any atom is -0.472 e. The highest BCUT2D eigenvalue weighted by molar-refractivity contribution is 6.33. The van der Waals surface area contributed by atoms with Gasteiger partial charge < -0.3 is 15.0 Å². The SMILES string of the molecule is Cc1nn(CC(=O)NC2CC2)c(C)c1-c1ccnc(O[C@@H]2CCN(c3cn[nH]c(=O)c3Cl)C2)c1. The summed E-state index contributed by atoms with van der Waals surface area (Å²) >= 11 is 6.15. The molecule has 3 aromatic rings. The molecule has 1 atom stereocenters. The number of halogens is 1. The lowest BCUT2D eigenvalue weighted by Gasteiger charge is -2.19. The van der Waals surface area contributed by atoms with E-state index in [-0.39, 0.29) is 23.6 Å². The van der Waals surface area contributed by atoms with E-state index in [1.807, 2.05) is 30.9 Å². The molecule has 1 aliphatic carbocycles. The Morgan fingerprint density at radius 3 is 2.94 bits per heavy atom. The molecule has 1 saturated carbocycles. The number of aryl methyl sites for hydroxylation is 1. The summed E-state index contributed by atoms with van der Waals surface area (Å²) in [6, 6.07) is 4.14. The number of nitrogens with one attached hydrogen (secondary N) is 2. The van der Waals surface area contributed by atoms with E-state index in [2.05, 4.69) is 25.6 Å². The quantitative estimate of drug-likeness (QED) is 0.529. The minimum absolute atomic E-state index is 0.0140. The van der Waals surface area contributed by atoms with Crippen molar-refractivity contribution in [1.82, 2.24) is 30.3 Å². The standard InChI is InChI=1S/C23H26ClN7O3/c1-13-21(14(2)31(29-13)12-19(32)27-16-3-4-16)15-5-7-25-20(9-15)34-17-6-8-30(11-17)18-10-26-28-23(33)22(18)24/h5,7,9-10,16-17H,3-4,6,8,11-12H2,1-2H3,(H,27,32)(H,28,33)/t17-/m1/s1. The average molecular weight is 484 g/mol. The van der Waals surface area contributed by atoms with E-state index in [1.165, 1.54) is 0 Å². The Kier molecular flexibility index (Phi) is 5.99. The molecule has 0 bridgehead atoms. The van der Waals surface area contributed by atoms with E-state index < -0.39 is 5.56 Å². The molecule has 2 fully saturated rings. The maximum Gasteiger partial charge on any atom is 0.285 e. The number of carbonyl (C=O) groups excluding carboxylic acids is 1. The number of rotatable bonds is 7. The zero-order chi connectivity index (χ0) is 23.8. The van der Waals surface area contributed by atoms with Gasteiger partial charge in [0.2, 0.25) is 11.8 Å². The molecular formula is C23H26ClN7O3. The second-order valence-corrected chi connectivity index (χ2v) is 9.18. The van der Waals surface area contributed by atoms with Crippen molar-refractivity contribution in [2.24, 2.45) is 0 Å². The molecule has 0 radical (unpaired) electrons. The molecule has 3 aromatic heterocycles. The largest absolute Gasteiger partial charge is 0.472 e. The van der Waals surface area contributed by atoms with Crippen LogP contribution in [0.5, 0.6) is 5.88 Å². The van der Waals surface area contributed by atoms with Crippen LogP contribution in [0, 0.1) is 13.8 Å². The summed E-state index contributed by atoms with van der Waals surface area (Å²) in [6.45, 7) is 5.38. The number of aromatic nitrogens is 5. The molecule has 0 unspecified atom stereocenters. The summed E-state index contributed by atoms with van der Waals surface area (Å²) < 4.78 is 7.92. The van der Waals surface area contributed by atoms with Crippen LogP contribution in [0.2, 0.25) is 5.02 Å². The van der Waals surface area contributed by atoms with Crippen LogP contribution in [-0.2, 0) is 11.3 Å². The first-order valence-electron chi connectivity index (χ1n) is 11.3. The molecule has 4 heterocycles. The van der Waals surface area contributed by atoms with Crippen molar-refractivity contribution in [3.63, 3.8) is 0 Å². The fourth-order valence-electron chi connectivity index (χ4n) is 4.34. The predicted octanol–water partition coefficient (Wildman–Crippen LogP) is 2.23. The molecule has 2 aliphatic rings. The maximum absolute atomic E-state index is 12.3. The normalized spacial score (nSPS) is 17.7. The van der Waals surface area contributed by atoms with Crippen molar-refractivity contribution in [2.75, 3.05) is 18.0 Å². The zero-order valence-electron chi connectivity index (χ0n) is 19.0. The topological polar surface area (TPSA) is 118 Å². The number of hydrogen-bond donors (Lipinski definition) is 2. The Labute approximate surface area is 201 Å². The monoisotopic (exact) mass is 483 g/mol. The maximum atomic E-state index is 12.3. The summed E-state index contributed by atoms with van der Waals surface area (Å²) in [6.07, 6.45) is 6.04. The summed E-state index contributed by atoms with van der Waals surface area (Å²) in [5.41, 5.74) is 3.87. The number of H-pyrrole nitrogens is 1. The van der Waals surface area contributed by atoms with Crippen LogP contribution in [-0.4, -0.2) is 56.1 Å². The third-order valence-corrected chi connectivity index (χ3v) is 6.56. The lowest BCUT2D eigenvalue weighted by atomic mass is 10.1. The third-order valence-electron chi connectivity index (χ3n) is 6.19. The fourth-order valence-corrected chi connectivity index (χ4v) is 4.55. The van der Waals surface area contributed by atoms with Gasteiger partial charge >= 0.3 is 0 Å². The second kappa shape index (κ2) is 9.09. The van der Waals surface area contributed by atoms with Gasteiger partial charge in [-0.3, -0.25) is 14.3 Å². The molecule has 0 aromatic carbocycles. The number of amides is 1. The van der Waals surface area contributed by atoms with E-state index in [0.29, 0.717) is 30.7 Å². The lowest BCUT2D eigenvalue weighted by Crippen LogP contribution is -2.30. The molecule has 5 rings (SSSR count). The Balaban J connectivity index is 1.29. The van der Waals surface area contributed by atoms with Crippen molar-refractivity contribution in [3.8, 4) is 17.0 Å². The number of nitrogens with zero attached hydrogens (tertiary/aromatic N) is 5. The molecule has 2 N–H and O–H groups in total. The van der Waals surface area contributed by atoms with E-state index in [0.717, 1.165) is 41.8 Å². The van der Waals surface area contributed by atoms with Gasteiger partial charge in [-0.05, 0) is 38.3 Å². The summed E-state index contributed by atoms with van der Waals surface area (Å²) in [5.74, 6) is 0.498. The van der Waals surface area contributed by atoms with Crippen molar-refractivity contribution < 1.29 is 9.53 Å². The molecule has 1 saturated heterocycles. The Bertz CT molecular complexity index is 1280. The Morgan fingerprint density at radius 2 is 2.15 bits per heavy atom. The van der Waals surface area contributed by atoms with Crippen LogP contribution in [0.25, 0.3) is 11.1 Å². The predicted molar refractivity (Wildman–Crippen MR) is 127 cm³/mol. The molecule has 11 heteroatoms. The van der Waals surface area contributed by atoms with Crippen LogP contribution in [0.1, 0.15) is 30.7 Å². The molecule has 1 amide bonds. The van der Waals surface area contributed by atoms with Gasteiger partial charge in [0.1, 0.15) is 17.7 Å². The van der Waals surface area contributed by atoms with Gasteiger partial charge in [0.25, 0.3) is 5.56 Å². The van der Waals surface area contributed by atoms with Crippen molar-refractivity contribution >= 4 is 23.2 Å². The van der Waals surface area contributed by atoms with E-state index in [9.17, 15) is 9.59 Å². The fraction of sp³-hybridized carbons (Fsp3) is 0.435. The van der Waals surface area contributed by atoms with Crippen molar-refractivity contribution in [1.29, 1.82) is 0 Å².